The van der Waals surface area contributed by atoms with Crippen molar-refractivity contribution in [2.75, 3.05) is 27.3 Å². The predicted octanol–water partition coefficient (Wildman–Crippen LogP) is 2.48. The Balaban J connectivity index is 1.64. The van der Waals surface area contributed by atoms with Gasteiger partial charge in [-0.05, 0) is 48.7 Å². The zero-order valence-electron chi connectivity index (χ0n) is 17.5. The first-order chi connectivity index (χ1) is 14.8. The number of carbonyl (C=O) groups excluding carboxylic acids is 3. The fourth-order valence-electron chi connectivity index (χ4n) is 3.38. The van der Waals surface area contributed by atoms with E-state index < -0.39 is 23.4 Å². The SMILES string of the molecule is COc1ccc([C@@]2(C)NC(=O)N(CC(=O)NCCc3ccc(Cl)cc3)C2=O)cc1OC. The molecule has 8 nitrogen and oxygen atoms in total. The quantitative estimate of drug-likeness (QED) is 0.608. The maximum absolute atomic E-state index is 13.0. The molecule has 1 saturated heterocycles. The number of amides is 4. The maximum atomic E-state index is 13.0. The molecule has 1 aliphatic rings. The fourth-order valence-corrected chi connectivity index (χ4v) is 3.51. The van der Waals surface area contributed by atoms with Gasteiger partial charge in [-0.15, -0.1) is 0 Å². The van der Waals surface area contributed by atoms with Gasteiger partial charge in [0.2, 0.25) is 5.91 Å². The van der Waals surface area contributed by atoms with Gasteiger partial charge in [0, 0.05) is 11.6 Å². The Bertz CT molecular complexity index is 995. The van der Waals surface area contributed by atoms with E-state index in [9.17, 15) is 14.4 Å². The van der Waals surface area contributed by atoms with E-state index in [2.05, 4.69) is 10.6 Å². The topological polar surface area (TPSA) is 97.0 Å². The van der Waals surface area contributed by atoms with Crippen molar-refractivity contribution in [2.45, 2.75) is 18.9 Å². The van der Waals surface area contributed by atoms with Crippen molar-refractivity contribution < 1.29 is 23.9 Å². The van der Waals surface area contributed by atoms with Gasteiger partial charge in [0.05, 0.1) is 14.2 Å². The minimum absolute atomic E-state index is 0.367. The van der Waals surface area contributed by atoms with E-state index in [1.807, 2.05) is 12.1 Å². The molecule has 2 aromatic carbocycles. The maximum Gasteiger partial charge on any atom is 0.325 e. The summed E-state index contributed by atoms with van der Waals surface area (Å²) in [5.41, 5.74) is 0.218. The molecule has 2 N–H and O–H groups in total. The summed E-state index contributed by atoms with van der Waals surface area (Å²) in [6.07, 6.45) is 0.604. The molecule has 0 aliphatic carbocycles. The van der Waals surface area contributed by atoms with E-state index in [0.717, 1.165) is 10.5 Å². The van der Waals surface area contributed by atoms with Crippen LogP contribution in [-0.2, 0) is 21.5 Å². The summed E-state index contributed by atoms with van der Waals surface area (Å²) in [5.74, 6) is -0.00296. The summed E-state index contributed by atoms with van der Waals surface area (Å²) in [7, 11) is 2.99. The Labute approximate surface area is 185 Å². The first kappa shape index (κ1) is 22.4. The molecule has 31 heavy (non-hydrogen) atoms. The number of methoxy groups -OCH3 is 2. The minimum Gasteiger partial charge on any atom is -0.493 e. The number of rotatable bonds is 8. The molecule has 0 spiro atoms. The normalized spacial score (nSPS) is 18.0. The van der Waals surface area contributed by atoms with Gasteiger partial charge in [-0.1, -0.05) is 29.8 Å². The van der Waals surface area contributed by atoms with E-state index in [-0.39, 0.29) is 6.54 Å². The highest BCUT2D eigenvalue weighted by molar-refractivity contribution is 6.30. The summed E-state index contributed by atoms with van der Waals surface area (Å²) < 4.78 is 10.5. The van der Waals surface area contributed by atoms with Crippen molar-refractivity contribution in [1.29, 1.82) is 0 Å². The van der Waals surface area contributed by atoms with Gasteiger partial charge < -0.3 is 20.1 Å². The molecule has 0 unspecified atom stereocenters. The third-order valence-corrected chi connectivity index (χ3v) is 5.44. The smallest absolute Gasteiger partial charge is 0.325 e. The number of ether oxygens (including phenoxy) is 2. The van der Waals surface area contributed by atoms with E-state index in [1.165, 1.54) is 14.2 Å². The van der Waals surface area contributed by atoms with Crippen LogP contribution in [0.1, 0.15) is 18.1 Å². The van der Waals surface area contributed by atoms with Crippen LogP contribution in [0.4, 0.5) is 4.79 Å². The van der Waals surface area contributed by atoms with E-state index >= 15 is 0 Å². The predicted molar refractivity (Wildman–Crippen MR) is 115 cm³/mol. The monoisotopic (exact) mass is 445 g/mol. The van der Waals surface area contributed by atoms with Crippen LogP contribution >= 0.6 is 11.6 Å². The van der Waals surface area contributed by atoms with Gasteiger partial charge in [-0.2, -0.15) is 0 Å². The van der Waals surface area contributed by atoms with Crippen LogP contribution in [0.15, 0.2) is 42.5 Å². The van der Waals surface area contributed by atoms with Crippen LogP contribution in [-0.4, -0.2) is 50.1 Å². The molecule has 0 radical (unpaired) electrons. The Hall–Kier alpha value is -3.26. The van der Waals surface area contributed by atoms with Crippen molar-refractivity contribution >= 4 is 29.4 Å². The first-order valence-corrected chi connectivity index (χ1v) is 10.0. The van der Waals surface area contributed by atoms with Gasteiger partial charge in [0.1, 0.15) is 12.1 Å². The molecule has 1 heterocycles. The second-order valence-corrected chi connectivity index (χ2v) is 7.68. The molecule has 0 aromatic heterocycles. The van der Waals surface area contributed by atoms with Crippen LogP contribution < -0.4 is 20.1 Å². The molecular weight excluding hydrogens is 422 g/mol. The van der Waals surface area contributed by atoms with Gasteiger partial charge in [-0.3, -0.25) is 14.5 Å². The van der Waals surface area contributed by atoms with E-state index in [1.54, 1.807) is 37.3 Å². The molecule has 1 aliphatic heterocycles. The first-order valence-electron chi connectivity index (χ1n) is 9.66. The van der Waals surface area contributed by atoms with E-state index in [4.69, 9.17) is 21.1 Å². The number of nitrogens with one attached hydrogen (secondary N) is 2. The third kappa shape index (κ3) is 4.74. The summed E-state index contributed by atoms with van der Waals surface area (Å²) in [6.45, 7) is 1.60. The standard InChI is InChI=1S/C22H24ClN3O5/c1-22(15-6-9-17(30-2)18(12-15)31-3)20(28)26(21(29)25-22)13-19(27)24-11-10-14-4-7-16(23)8-5-14/h4-9,12H,10-11,13H2,1-3H3,(H,24,27)(H,25,29)/t22-/m1/s1. The lowest BCUT2D eigenvalue weighted by Crippen LogP contribution is -2.43. The number of halogens is 1. The number of urea groups is 1. The lowest BCUT2D eigenvalue weighted by molar-refractivity contribution is -0.134. The Morgan fingerprint density at radius 2 is 1.77 bits per heavy atom. The summed E-state index contributed by atoms with van der Waals surface area (Å²) in [6, 6.07) is 11.6. The van der Waals surface area contributed by atoms with Crippen molar-refractivity contribution in [1.82, 2.24) is 15.5 Å². The van der Waals surface area contributed by atoms with Crippen molar-refractivity contribution in [3.63, 3.8) is 0 Å². The number of hydrogen-bond acceptors (Lipinski definition) is 5. The van der Waals surface area contributed by atoms with Crippen LogP contribution in [0, 0.1) is 0 Å². The van der Waals surface area contributed by atoms with Gasteiger partial charge in [-0.25, -0.2) is 4.79 Å². The minimum atomic E-state index is -1.32. The van der Waals surface area contributed by atoms with Gasteiger partial charge in [0.25, 0.3) is 5.91 Å². The zero-order valence-corrected chi connectivity index (χ0v) is 18.3. The Morgan fingerprint density at radius 1 is 1.10 bits per heavy atom. The van der Waals surface area contributed by atoms with E-state index in [0.29, 0.717) is 35.1 Å². The molecule has 1 fully saturated rings. The Kier molecular flexibility index (Phi) is 6.70. The molecule has 0 saturated carbocycles. The summed E-state index contributed by atoms with van der Waals surface area (Å²) in [4.78, 5) is 38.7. The number of imide groups is 1. The van der Waals surface area contributed by atoms with Crippen LogP contribution in [0.25, 0.3) is 0 Å². The number of benzene rings is 2. The lowest BCUT2D eigenvalue weighted by Gasteiger charge is -2.23. The van der Waals surface area contributed by atoms with Crippen LogP contribution in [0.2, 0.25) is 5.02 Å². The van der Waals surface area contributed by atoms with Crippen LogP contribution in [0.3, 0.4) is 0 Å². The summed E-state index contributed by atoms with van der Waals surface area (Å²) >= 11 is 5.86. The molecule has 1 atom stereocenters. The average molecular weight is 446 g/mol. The van der Waals surface area contributed by atoms with Crippen LogP contribution in [0.5, 0.6) is 11.5 Å². The highest BCUT2D eigenvalue weighted by Crippen LogP contribution is 2.35. The number of carbonyl (C=O) groups is 3. The third-order valence-electron chi connectivity index (χ3n) is 5.19. The van der Waals surface area contributed by atoms with Crippen molar-refractivity contribution in [3.05, 3.63) is 58.6 Å². The Morgan fingerprint density at radius 3 is 2.42 bits per heavy atom. The largest absolute Gasteiger partial charge is 0.493 e. The number of hydrogen-bond donors (Lipinski definition) is 2. The van der Waals surface area contributed by atoms with Crippen molar-refractivity contribution in [2.24, 2.45) is 0 Å². The zero-order chi connectivity index (χ0) is 22.6. The molecular formula is C22H24ClN3O5. The van der Waals surface area contributed by atoms with Gasteiger partial charge >= 0.3 is 6.03 Å². The number of nitrogens with zero attached hydrogens (tertiary/aromatic N) is 1. The molecule has 2 aromatic rings. The molecule has 0 bridgehead atoms. The molecule has 9 heteroatoms. The van der Waals surface area contributed by atoms with Gasteiger partial charge in [0.15, 0.2) is 11.5 Å². The molecule has 164 valence electrons. The van der Waals surface area contributed by atoms with Crippen molar-refractivity contribution in [3.8, 4) is 11.5 Å². The average Bonchev–Trinajstić information content (AvgIpc) is 2.98. The fraction of sp³-hybridized carbons (Fsp3) is 0.318. The second kappa shape index (κ2) is 9.26. The molecule has 3 rings (SSSR count). The highest BCUT2D eigenvalue weighted by atomic mass is 35.5. The highest BCUT2D eigenvalue weighted by Gasteiger charge is 2.49. The summed E-state index contributed by atoms with van der Waals surface area (Å²) in [5, 5.41) is 6.05. The lowest BCUT2D eigenvalue weighted by atomic mass is 9.91. The second-order valence-electron chi connectivity index (χ2n) is 7.24. The molecule has 4 amide bonds.